The van der Waals surface area contributed by atoms with Gasteiger partial charge in [-0.3, -0.25) is 0 Å². The summed E-state index contributed by atoms with van der Waals surface area (Å²) in [6.07, 6.45) is 1.25. The molecule has 5 N–H and O–H groups in total. The van der Waals surface area contributed by atoms with Crippen LogP contribution in [0.4, 0.5) is 11.6 Å². The van der Waals surface area contributed by atoms with Gasteiger partial charge in [0.2, 0.25) is 0 Å². The molecule has 102 valence electrons. The summed E-state index contributed by atoms with van der Waals surface area (Å²) in [4.78, 5) is 8.68. The van der Waals surface area contributed by atoms with Crippen molar-refractivity contribution in [1.82, 2.24) is 9.97 Å². The molecule has 1 unspecified atom stereocenters. The molecule has 0 amide bonds. The molecule has 0 fully saturated rings. The first-order valence-corrected chi connectivity index (χ1v) is 6.20. The smallest absolute Gasteiger partial charge is 0.145 e. The molecule has 0 aliphatic carbocycles. The number of hydrogen-bond acceptors (Lipinski definition) is 6. The van der Waals surface area contributed by atoms with Gasteiger partial charge in [-0.1, -0.05) is 6.92 Å². The Hall–Kier alpha value is -1.40. The number of hydrogen-bond donors (Lipinski definition) is 4. The van der Waals surface area contributed by atoms with E-state index in [4.69, 9.17) is 5.84 Å². The van der Waals surface area contributed by atoms with Gasteiger partial charge in [-0.05, 0) is 27.2 Å². The van der Waals surface area contributed by atoms with Crippen molar-refractivity contribution in [2.45, 2.75) is 52.2 Å². The van der Waals surface area contributed by atoms with Gasteiger partial charge >= 0.3 is 0 Å². The van der Waals surface area contributed by atoms with E-state index < -0.39 is 11.6 Å². The van der Waals surface area contributed by atoms with Crippen LogP contribution in [0.5, 0.6) is 0 Å². The highest BCUT2D eigenvalue weighted by molar-refractivity contribution is 5.48. The van der Waals surface area contributed by atoms with Crippen LogP contribution in [-0.2, 0) is 6.42 Å². The van der Waals surface area contributed by atoms with Crippen LogP contribution in [0.1, 0.15) is 39.9 Å². The Labute approximate surface area is 108 Å². The molecule has 0 saturated heterocycles. The molecule has 6 heteroatoms. The van der Waals surface area contributed by atoms with Gasteiger partial charge in [-0.15, -0.1) is 0 Å². The van der Waals surface area contributed by atoms with Gasteiger partial charge in [0.1, 0.15) is 17.5 Å². The third-order valence-corrected chi connectivity index (χ3v) is 2.89. The summed E-state index contributed by atoms with van der Waals surface area (Å²) in [5.41, 5.74) is 2.06. The van der Waals surface area contributed by atoms with E-state index >= 15 is 0 Å². The van der Waals surface area contributed by atoms with Crippen molar-refractivity contribution in [1.29, 1.82) is 0 Å². The lowest BCUT2D eigenvalue weighted by atomic mass is 9.99. The second-order valence-electron chi connectivity index (χ2n) is 4.97. The monoisotopic (exact) mass is 253 g/mol. The summed E-state index contributed by atoms with van der Waals surface area (Å²) in [5, 5.41) is 12.9. The lowest BCUT2D eigenvalue weighted by Gasteiger charge is -2.30. The zero-order valence-electron chi connectivity index (χ0n) is 11.5. The van der Waals surface area contributed by atoms with E-state index in [1.807, 2.05) is 13.8 Å². The minimum absolute atomic E-state index is 0.469. The highest BCUT2D eigenvalue weighted by Gasteiger charge is 2.24. The Morgan fingerprint density at radius 1 is 1.39 bits per heavy atom. The first-order valence-electron chi connectivity index (χ1n) is 6.20. The molecule has 18 heavy (non-hydrogen) atoms. The van der Waals surface area contributed by atoms with E-state index in [9.17, 15) is 5.11 Å². The molecule has 0 spiro atoms. The molecule has 1 rings (SSSR count). The van der Waals surface area contributed by atoms with Gasteiger partial charge in [0, 0.05) is 12.5 Å². The first kappa shape index (κ1) is 14.7. The number of aliphatic hydroxyl groups excluding tert-OH is 1. The molecule has 0 bridgehead atoms. The normalized spacial score (nSPS) is 13.2. The maximum absolute atomic E-state index is 9.69. The summed E-state index contributed by atoms with van der Waals surface area (Å²) in [7, 11) is 0. The quantitative estimate of drug-likeness (QED) is 0.450. The fourth-order valence-electron chi connectivity index (χ4n) is 1.41. The van der Waals surface area contributed by atoms with Gasteiger partial charge in [-0.25, -0.2) is 15.8 Å². The number of aliphatic hydroxyl groups is 1. The van der Waals surface area contributed by atoms with E-state index in [1.54, 1.807) is 13.0 Å². The molecule has 0 aliphatic heterocycles. The van der Waals surface area contributed by atoms with Crippen LogP contribution in [0, 0.1) is 0 Å². The molecule has 0 aliphatic rings. The van der Waals surface area contributed by atoms with Gasteiger partial charge in [0.15, 0.2) is 0 Å². The Morgan fingerprint density at radius 3 is 2.50 bits per heavy atom. The number of nitrogens with two attached hydrogens (primary N) is 1. The topological polar surface area (TPSA) is 96.1 Å². The molecule has 1 atom stereocenters. The minimum atomic E-state index is -0.503. The summed E-state index contributed by atoms with van der Waals surface area (Å²) >= 11 is 0. The van der Waals surface area contributed by atoms with Crippen molar-refractivity contribution in [3.05, 3.63) is 11.9 Å². The van der Waals surface area contributed by atoms with Crippen molar-refractivity contribution in [3.8, 4) is 0 Å². The average molecular weight is 253 g/mol. The highest BCUT2D eigenvalue weighted by Crippen LogP contribution is 2.19. The van der Waals surface area contributed by atoms with Crippen LogP contribution in [0.25, 0.3) is 0 Å². The average Bonchev–Trinajstić information content (AvgIpc) is 2.28. The van der Waals surface area contributed by atoms with E-state index in [0.717, 1.165) is 18.7 Å². The zero-order chi connectivity index (χ0) is 13.8. The highest BCUT2D eigenvalue weighted by atomic mass is 16.3. The maximum Gasteiger partial charge on any atom is 0.145 e. The Balaban J connectivity index is 2.97. The summed E-state index contributed by atoms with van der Waals surface area (Å²) in [5.74, 6) is 7.35. The van der Waals surface area contributed by atoms with Crippen LogP contribution in [-0.4, -0.2) is 26.7 Å². The van der Waals surface area contributed by atoms with Crippen LogP contribution >= 0.6 is 0 Å². The Bertz CT molecular complexity index is 392. The fourth-order valence-corrected chi connectivity index (χ4v) is 1.41. The number of nitrogen functional groups attached to an aromatic ring is 1. The summed E-state index contributed by atoms with van der Waals surface area (Å²) in [6.45, 7) is 7.63. The number of nitrogens with zero attached hydrogens (tertiary/aromatic N) is 2. The lowest BCUT2D eigenvalue weighted by Crippen LogP contribution is -2.42. The predicted octanol–water partition coefficient (Wildman–Crippen LogP) is 1.29. The van der Waals surface area contributed by atoms with Gasteiger partial charge in [0.05, 0.1) is 11.6 Å². The molecule has 0 radical (unpaired) electrons. The minimum Gasteiger partial charge on any atom is -0.391 e. The van der Waals surface area contributed by atoms with Crippen molar-refractivity contribution >= 4 is 11.6 Å². The van der Waals surface area contributed by atoms with Crippen molar-refractivity contribution < 1.29 is 5.11 Å². The zero-order valence-corrected chi connectivity index (χ0v) is 11.5. The Kier molecular flexibility index (Phi) is 4.86. The van der Waals surface area contributed by atoms with E-state index in [-0.39, 0.29) is 0 Å². The first-order chi connectivity index (χ1) is 8.39. The summed E-state index contributed by atoms with van der Waals surface area (Å²) < 4.78 is 0. The molecule has 0 aromatic carbocycles. The molecule has 0 saturated carbocycles. The lowest BCUT2D eigenvalue weighted by molar-refractivity contribution is 0.133. The largest absolute Gasteiger partial charge is 0.391 e. The third kappa shape index (κ3) is 3.82. The second kappa shape index (κ2) is 5.97. The van der Waals surface area contributed by atoms with Crippen molar-refractivity contribution in [3.63, 3.8) is 0 Å². The molecule has 6 nitrogen and oxygen atoms in total. The van der Waals surface area contributed by atoms with E-state index in [0.29, 0.717) is 11.6 Å². The van der Waals surface area contributed by atoms with Gasteiger partial charge in [-0.2, -0.15) is 0 Å². The number of nitrogens with one attached hydrogen (secondary N) is 2. The number of rotatable bonds is 6. The van der Waals surface area contributed by atoms with E-state index in [2.05, 4.69) is 27.6 Å². The van der Waals surface area contributed by atoms with Crippen molar-refractivity contribution in [2.24, 2.45) is 5.84 Å². The van der Waals surface area contributed by atoms with Gasteiger partial charge < -0.3 is 15.8 Å². The number of hydrazine groups is 1. The van der Waals surface area contributed by atoms with Crippen LogP contribution in [0.2, 0.25) is 0 Å². The summed E-state index contributed by atoms with van der Waals surface area (Å²) in [6, 6.07) is 1.73. The number of anilines is 2. The molecular formula is C12H23N5O. The molecule has 1 aromatic heterocycles. The molecular weight excluding hydrogens is 230 g/mol. The number of aryl methyl sites for hydroxylation is 1. The third-order valence-electron chi connectivity index (χ3n) is 2.89. The molecule has 1 aromatic rings. The standard InChI is InChI=1S/C12H23N5O/c1-5-6-9-14-10(7-11(15-9)17-13)16-12(3,4)8(2)18/h7-8,18H,5-6,13H2,1-4H3,(H2,14,15,16,17). The number of aromatic nitrogens is 2. The predicted molar refractivity (Wildman–Crippen MR) is 73.2 cm³/mol. The molecule has 1 heterocycles. The van der Waals surface area contributed by atoms with Crippen molar-refractivity contribution in [2.75, 3.05) is 10.7 Å². The van der Waals surface area contributed by atoms with Crippen LogP contribution < -0.4 is 16.6 Å². The van der Waals surface area contributed by atoms with E-state index in [1.165, 1.54) is 0 Å². The SMILES string of the molecule is CCCc1nc(NN)cc(NC(C)(C)C(C)O)n1. The van der Waals surface area contributed by atoms with Gasteiger partial charge in [0.25, 0.3) is 0 Å². The maximum atomic E-state index is 9.69. The Morgan fingerprint density at radius 2 is 2.00 bits per heavy atom. The fraction of sp³-hybridized carbons (Fsp3) is 0.667. The van der Waals surface area contributed by atoms with Crippen LogP contribution in [0.3, 0.4) is 0 Å². The van der Waals surface area contributed by atoms with Crippen LogP contribution in [0.15, 0.2) is 6.07 Å². The second-order valence-corrected chi connectivity index (χ2v) is 4.97.